The highest BCUT2D eigenvalue weighted by molar-refractivity contribution is 7.92. The molecule has 0 atom stereocenters. The third kappa shape index (κ3) is 5.04. The number of fused-ring (bicyclic) bond motifs is 1. The van der Waals surface area contributed by atoms with Gasteiger partial charge in [-0.3, -0.25) is 4.79 Å². The molecule has 9 nitrogen and oxygen atoms in total. The van der Waals surface area contributed by atoms with E-state index in [2.05, 4.69) is 20.0 Å². The minimum atomic E-state index is -3.85. The Morgan fingerprint density at radius 3 is 2.52 bits per heavy atom. The molecule has 1 aromatic heterocycles. The van der Waals surface area contributed by atoms with Gasteiger partial charge in [-0.1, -0.05) is 11.6 Å². The number of amides is 1. The molecule has 3 aromatic rings. The number of benzene rings is 2. The summed E-state index contributed by atoms with van der Waals surface area (Å²) in [4.78, 5) is 20.1. The molecule has 2 heterocycles. The zero-order valence-corrected chi connectivity index (χ0v) is 17.6. The largest absolute Gasteiger partial charge is 0.486 e. The van der Waals surface area contributed by atoms with E-state index in [-0.39, 0.29) is 23.2 Å². The molecule has 0 saturated heterocycles. The second-order valence-corrected chi connectivity index (χ2v) is 8.62. The summed E-state index contributed by atoms with van der Waals surface area (Å²) in [7, 11) is -3.85. The maximum Gasteiger partial charge on any atom is 0.264 e. The van der Waals surface area contributed by atoms with Gasteiger partial charge in [-0.05, 0) is 48.0 Å². The molecule has 1 amide bonds. The molecule has 11 heteroatoms. The number of sulfonamides is 1. The number of aromatic nitrogens is 2. The smallest absolute Gasteiger partial charge is 0.264 e. The molecule has 0 bridgehead atoms. The van der Waals surface area contributed by atoms with Crippen molar-refractivity contribution in [3.8, 4) is 11.5 Å². The van der Waals surface area contributed by atoms with Crippen molar-refractivity contribution in [3.63, 3.8) is 0 Å². The lowest BCUT2D eigenvalue weighted by Crippen LogP contribution is -2.18. The van der Waals surface area contributed by atoms with E-state index in [0.29, 0.717) is 41.0 Å². The summed E-state index contributed by atoms with van der Waals surface area (Å²) in [5.74, 6) is 0.659. The second kappa shape index (κ2) is 8.78. The molecule has 2 N–H and O–H groups in total. The van der Waals surface area contributed by atoms with E-state index >= 15 is 0 Å². The average Bonchev–Trinajstić information content (AvgIpc) is 2.74. The molecule has 0 aliphatic carbocycles. The van der Waals surface area contributed by atoms with Gasteiger partial charge in [0.05, 0.1) is 16.3 Å². The number of carbonyl (C=O) groups excluding carboxylic acids is 1. The van der Waals surface area contributed by atoms with Gasteiger partial charge in [0.1, 0.15) is 13.2 Å². The van der Waals surface area contributed by atoms with E-state index in [1.165, 1.54) is 36.7 Å². The number of rotatable bonds is 6. The van der Waals surface area contributed by atoms with Gasteiger partial charge in [0.25, 0.3) is 10.0 Å². The molecule has 1 aliphatic heterocycles. The van der Waals surface area contributed by atoms with E-state index in [1.807, 2.05) is 0 Å². The minimum Gasteiger partial charge on any atom is -0.486 e. The van der Waals surface area contributed by atoms with Crippen LogP contribution in [0.15, 0.2) is 59.8 Å². The van der Waals surface area contributed by atoms with E-state index in [1.54, 1.807) is 18.2 Å². The van der Waals surface area contributed by atoms with Crippen molar-refractivity contribution in [1.29, 1.82) is 0 Å². The van der Waals surface area contributed by atoms with Crippen LogP contribution < -0.4 is 19.5 Å². The Kier molecular flexibility index (Phi) is 5.92. The minimum absolute atomic E-state index is 0.0107. The molecule has 0 unspecified atom stereocenters. The van der Waals surface area contributed by atoms with Gasteiger partial charge in [-0.15, -0.1) is 0 Å². The van der Waals surface area contributed by atoms with E-state index in [0.717, 1.165) is 0 Å². The zero-order valence-electron chi connectivity index (χ0n) is 16.0. The molecule has 0 fully saturated rings. The van der Waals surface area contributed by atoms with Crippen LogP contribution >= 0.6 is 11.6 Å². The van der Waals surface area contributed by atoms with Gasteiger partial charge in [0.15, 0.2) is 11.5 Å². The monoisotopic (exact) mass is 460 g/mol. The fraction of sp³-hybridized carbons (Fsp3) is 0.150. The summed E-state index contributed by atoms with van der Waals surface area (Å²) in [5.41, 5.74) is 1.11. The SMILES string of the molecule is O=C(Cc1cc(Cl)c2c(c1)OCCO2)Nc1ccc(S(=O)(=O)Nc2ncccn2)cc1. The molecular formula is C20H17ClN4O5S. The van der Waals surface area contributed by atoms with E-state index < -0.39 is 10.0 Å². The first kappa shape index (κ1) is 20.9. The van der Waals surface area contributed by atoms with Crippen LogP contribution in [0.25, 0.3) is 0 Å². The third-order valence-electron chi connectivity index (χ3n) is 4.26. The van der Waals surface area contributed by atoms with Crippen molar-refractivity contribution in [2.24, 2.45) is 0 Å². The summed E-state index contributed by atoms with van der Waals surface area (Å²) < 4.78 is 38.1. The molecule has 160 valence electrons. The molecule has 0 saturated carbocycles. The quantitative estimate of drug-likeness (QED) is 0.580. The van der Waals surface area contributed by atoms with Crippen LogP contribution in [0, 0.1) is 0 Å². The molecule has 2 aromatic carbocycles. The first-order valence-electron chi connectivity index (χ1n) is 9.18. The first-order valence-corrected chi connectivity index (χ1v) is 11.0. The Hall–Kier alpha value is -3.37. The summed E-state index contributed by atoms with van der Waals surface area (Å²) in [6, 6.07) is 10.7. The van der Waals surface area contributed by atoms with E-state index in [9.17, 15) is 13.2 Å². The average molecular weight is 461 g/mol. The number of halogens is 1. The highest BCUT2D eigenvalue weighted by Gasteiger charge is 2.18. The maximum absolute atomic E-state index is 12.4. The lowest BCUT2D eigenvalue weighted by atomic mass is 10.1. The van der Waals surface area contributed by atoms with Crippen LogP contribution in [0.2, 0.25) is 5.02 Å². The second-order valence-electron chi connectivity index (χ2n) is 6.53. The van der Waals surface area contributed by atoms with Crippen molar-refractivity contribution in [1.82, 2.24) is 9.97 Å². The van der Waals surface area contributed by atoms with E-state index in [4.69, 9.17) is 21.1 Å². The molecule has 0 radical (unpaired) electrons. The van der Waals surface area contributed by atoms with Gasteiger partial charge in [-0.2, -0.15) is 0 Å². The van der Waals surface area contributed by atoms with Crippen LogP contribution in [-0.2, 0) is 21.2 Å². The number of hydrogen-bond acceptors (Lipinski definition) is 7. The maximum atomic E-state index is 12.4. The fourth-order valence-corrected chi connectivity index (χ4v) is 4.15. The number of anilines is 2. The number of carbonyl (C=O) groups is 1. The third-order valence-corrected chi connectivity index (χ3v) is 5.89. The number of hydrogen-bond donors (Lipinski definition) is 2. The molecular weight excluding hydrogens is 444 g/mol. The van der Waals surface area contributed by atoms with Gasteiger partial charge in [0, 0.05) is 18.1 Å². The molecule has 1 aliphatic rings. The fourth-order valence-electron chi connectivity index (χ4n) is 2.91. The van der Waals surface area contributed by atoms with Gasteiger partial charge in [-0.25, -0.2) is 23.1 Å². The van der Waals surface area contributed by atoms with Crippen LogP contribution in [0.3, 0.4) is 0 Å². The highest BCUT2D eigenvalue weighted by Crippen LogP contribution is 2.38. The van der Waals surface area contributed by atoms with Gasteiger partial charge >= 0.3 is 0 Å². The normalized spacial score (nSPS) is 12.8. The van der Waals surface area contributed by atoms with Crippen LogP contribution in [0.5, 0.6) is 11.5 Å². The Morgan fingerprint density at radius 1 is 1.06 bits per heavy atom. The van der Waals surface area contributed by atoms with Gasteiger partial charge < -0.3 is 14.8 Å². The molecule has 31 heavy (non-hydrogen) atoms. The van der Waals surface area contributed by atoms with Crippen LogP contribution in [0.4, 0.5) is 11.6 Å². The summed E-state index contributed by atoms with van der Waals surface area (Å²) in [5, 5.41) is 3.10. The van der Waals surface area contributed by atoms with Crippen molar-refractivity contribution < 1.29 is 22.7 Å². The topological polar surface area (TPSA) is 120 Å². The summed E-state index contributed by atoms with van der Waals surface area (Å²) >= 11 is 6.20. The predicted octanol–water partition coefficient (Wildman–Crippen LogP) is 2.88. The Balaban J connectivity index is 1.41. The zero-order chi connectivity index (χ0) is 21.8. The van der Waals surface area contributed by atoms with Crippen molar-refractivity contribution in [2.45, 2.75) is 11.3 Å². The Labute approximate surface area is 183 Å². The lowest BCUT2D eigenvalue weighted by Gasteiger charge is -2.20. The lowest BCUT2D eigenvalue weighted by molar-refractivity contribution is -0.115. The van der Waals surface area contributed by atoms with Crippen molar-refractivity contribution in [2.75, 3.05) is 23.3 Å². The predicted molar refractivity (Wildman–Crippen MR) is 114 cm³/mol. The van der Waals surface area contributed by atoms with Crippen LogP contribution in [-0.4, -0.2) is 37.5 Å². The first-order chi connectivity index (χ1) is 14.9. The number of nitrogens with one attached hydrogen (secondary N) is 2. The molecule has 4 rings (SSSR count). The van der Waals surface area contributed by atoms with Gasteiger partial charge in [0.2, 0.25) is 11.9 Å². The number of nitrogens with zero attached hydrogens (tertiary/aromatic N) is 2. The summed E-state index contributed by atoms with van der Waals surface area (Å²) in [6.07, 6.45) is 2.92. The van der Waals surface area contributed by atoms with Crippen molar-refractivity contribution in [3.05, 3.63) is 65.4 Å². The standard InChI is InChI=1S/C20H17ClN4O5S/c21-16-10-13(11-17-19(16)30-9-8-29-17)12-18(26)24-14-2-4-15(5-3-14)31(27,28)25-20-22-6-1-7-23-20/h1-7,10-11H,8-9,12H2,(H,24,26)(H,22,23,25). The Morgan fingerprint density at radius 2 is 1.77 bits per heavy atom. The Bertz CT molecular complexity index is 1200. The summed E-state index contributed by atoms with van der Waals surface area (Å²) in [6.45, 7) is 0.839. The number of ether oxygens (including phenoxy) is 2. The molecule has 0 spiro atoms. The highest BCUT2D eigenvalue weighted by atomic mass is 35.5. The van der Waals surface area contributed by atoms with Crippen molar-refractivity contribution >= 4 is 39.2 Å². The van der Waals surface area contributed by atoms with Crippen LogP contribution in [0.1, 0.15) is 5.56 Å².